The smallest absolute Gasteiger partial charge is 0.341 e. The number of pyridine rings is 2. The Morgan fingerprint density at radius 1 is 1.05 bits per heavy atom. The lowest BCUT2D eigenvalue weighted by Gasteiger charge is -2.18. The first-order chi connectivity index (χ1) is 20.5. The minimum atomic E-state index is -0.701. The van der Waals surface area contributed by atoms with E-state index in [9.17, 15) is 14.4 Å². The van der Waals surface area contributed by atoms with Gasteiger partial charge in [0, 0.05) is 12.8 Å². The maximum atomic E-state index is 14.1. The van der Waals surface area contributed by atoms with Crippen LogP contribution >= 0.6 is 0 Å². The number of ether oxygens (including phenoxy) is 3. The summed E-state index contributed by atoms with van der Waals surface area (Å²) in [4.78, 5) is 50.5. The van der Waals surface area contributed by atoms with Crippen molar-refractivity contribution in [3.63, 3.8) is 0 Å². The average molecular weight is 567 g/mol. The van der Waals surface area contributed by atoms with E-state index >= 15 is 0 Å². The van der Waals surface area contributed by atoms with Crippen LogP contribution in [0.3, 0.4) is 0 Å². The average Bonchev–Trinajstić information content (AvgIpc) is 3.52. The highest BCUT2D eigenvalue weighted by Crippen LogP contribution is 2.29. The molecule has 1 amide bonds. The summed E-state index contributed by atoms with van der Waals surface area (Å²) in [6.45, 7) is 4.81. The summed E-state index contributed by atoms with van der Waals surface area (Å²) in [6, 6.07) is 17.8. The second kappa shape index (κ2) is 11.6. The van der Waals surface area contributed by atoms with E-state index in [1.165, 1.54) is 10.5 Å². The number of fused-ring (bicyclic) bond motifs is 3. The number of hydrogen-bond acceptors (Lipinski definition) is 7. The van der Waals surface area contributed by atoms with Gasteiger partial charge in [0.1, 0.15) is 22.6 Å². The minimum absolute atomic E-state index is 0.0105. The summed E-state index contributed by atoms with van der Waals surface area (Å²) in [5.74, 6) is -0.914. The highest BCUT2D eigenvalue weighted by molar-refractivity contribution is 6.10. The number of nitrogens with zero attached hydrogens (tertiary/aromatic N) is 4. The molecule has 1 aliphatic heterocycles. The summed E-state index contributed by atoms with van der Waals surface area (Å²) in [7, 11) is 0. The van der Waals surface area contributed by atoms with Crippen molar-refractivity contribution in [3.05, 3.63) is 93.8 Å². The third kappa shape index (κ3) is 4.94. The molecule has 10 heteroatoms. The van der Waals surface area contributed by atoms with Gasteiger partial charge in [-0.3, -0.25) is 14.0 Å². The van der Waals surface area contributed by atoms with Gasteiger partial charge in [-0.2, -0.15) is 4.99 Å². The molecule has 10 nitrogen and oxygen atoms in total. The second-order valence-electron chi connectivity index (χ2n) is 9.94. The molecule has 5 aromatic rings. The number of rotatable bonds is 7. The number of hydrogen-bond donors (Lipinski definition) is 0. The highest BCUT2D eigenvalue weighted by Gasteiger charge is 2.25. The lowest BCUT2D eigenvalue weighted by molar-refractivity contribution is 0.0521. The van der Waals surface area contributed by atoms with Crippen molar-refractivity contribution in [2.24, 2.45) is 4.99 Å². The Morgan fingerprint density at radius 2 is 1.88 bits per heavy atom. The first kappa shape index (κ1) is 27.3. The van der Waals surface area contributed by atoms with Gasteiger partial charge in [0.05, 0.1) is 36.8 Å². The topological polar surface area (TPSA) is 113 Å². The zero-order valence-corrected chi connectivity index (χ0v) is 23.4. The van der Waals surface area contributed by atoms with Crippen LogP contribution in [0.1, 0.15) is 47.4 Å². The maximum absolute atomic E-state index is 14.1. The molecule has 0 spiro atoms. The van der Waals surface area contributed by atoms with Crippen LogP contribution in [0.2, 0.25) is 0 Å². The standard InChI is InChI=1S/C32H30N4O6/c1-3-40-25-15-14-20-10-5-6-12-22(20)27(25)30(37)34-29-24(32(39)41-4-2)18-23-28(36(29)19-21-11-9-17-42-21)33-26-13-7-8-16-35(26)31(23)38/h5-8,10,12-16,18,21H,3-4,9,11,17,19H2,1-2H3/t21-/m0/s1. The van der Waals surface area contributed by atoms with E-state index in [1.807, 2.05) is 37.3 Å². The minimum Gasteiger partial charge on any atom is -0.493 e. The monoisotopic (exact) mass is 566 g/mol. The van der Waals surface area contributed by atoms with Crippen LogP contribution in [-0.2, 0) is 16.0 Å². The Bertz CT molecular complexity index is 1970. The Kier molecular flexibility index (Phi) is 7.54. The van der Waals surface area contributed by atoms with E-state index in [4.69, 9.17) is 19.2 Å². The van der Waals surface area contributed by atoms with Crippen LogP contribution in [0, 0.1) is 0 Å². The van der Waals surface area contributed by atoms with E-state index < -0.39 is 11.9 Å². The number of benzene rings is 2. The Hall–Kier alpha value is -4.83. The Labute approximate surface area is 240 Å². The van der Waals surface area contributed by atoms with Crippen molar-refractivity contribution >= 4 is 39.3 Å². The van der Waals surface area contributed by atoms with Gasteiger partial charge in [-0.1, -0.05) is 36.4 Å². The molecule has 3 aromatic heterocycles. The third-order valence-corrected chi connectivity index (χ3v) is 7.31. The third-order valence-electron chi connectivity index (χ3n) is 7.31. The van der Waals surface area contributed by atoms with Crippen molar-refractivity contribution in [1.82, 2.24) is 14.0 Å². The molecule has 214 valence electrons. The molecule has 0 unspecified atom stereocenters. The zero-order valence-electron chi connectivity index (χ0n) is 23.4. The summed E-state index contributed by atoms with van der Waals surface area (Å²) in [6.07, 6.45) is 3.05. The summed E-state index contributed by atoms with van der Waals surface area (Å²) < 4.78 is 20.2. The first-order valence-corrected chi connectivity index (χ1v) is 14.1. The fourth-order valence-electron chi connectivity index (χ4n) is 5.42. The number of aromatic nitrogens is 3. The van der Waals surface area contributed by atoms with Gasteiger partial charge in [-0.05, 0) is 61.7 Å². The van der Waals surface area contributed by atoms with Crippen molar-refractivity contribution in [3.8, 4) is 5.75 Å². The fraction of sp³-hybridized carbons (Fsp3) is 0.281. The maximum Gasteiger partial charge on any atom is 0.341 e. The van der Waals surface area contributed by atoms with Gasteiger partial charge in [0.25, 0.3) is 11.5 Å². The van der Waals surface area contributed by atoms with Crippen LogP contribution in [0.5, 0.6) is 5.75 Å². The Balaban J connectivity index is 1.70. The SMILES string of the molecule is CCOC(=O)c1cc2c(=O)n3ccccc3nc2n(C[C@@H]2CCCO2)c1=NC(=O)c1c(OCC)ccc2ccccc12. The summed E-state index contributed by atoms with van der Waals surface area (Å²) >= 11 is 0. The van der Waals surface area contributed by atoms with E-state index in [2.05, 4.69) is 4.99 Å². The molecule has 0 N–H and O–H groups in total. The second-order valence-corrected chi connectivity index (χ2v) is 9.94. The molecule has 0 aliphatic carbocycles. The molecule has 1 saturated heterocycles. The van der Waals surface area contributed by atoms with E-state index in [0.717, 1.165) is 18.2 Å². The van der Waals surface area contributed by atoms with E-state index in [1.54, 1.807) is 42.0 Å². The summed E-state index contributed by atoms with van der Waals surface area (Å²) in [5, 5.41) is 1.71. The molecule has 1 aliphatic rings. The molecule has 2 aromatic carbocycles. The highest BCUT2D eigenvalue weighted by atomic mass is 16.5. The predicted octanol–water partition coefficient (Wildman–Crippen LogP) is 4.30. The van der Waals surface area contributed by atoms with Crippen LogP contribution in [0.15, 0.2) is 76.6 Å². The van der Waals surface area contributed by atoms with E-state index in [-0.39, 0.29) is 46.8 Å². The number of amides is 1. The fourth-order valence-corrected chi connectivity index (χ4v) is 5.42. The molecule has 1 fully saturated rings. The van der Waals surface area contributed by atoms with E-state index in [0.29, 0.717) is 35.6 Å². The molecule has 6 rings (SSSR count). The molecule has 0 saturated carbocycles. The van der Waals surface area contributed by atoms with Gasteiger partial charge < -0.3 is 18.8 Å². The van der Waals surface area contributed by atoms with Crippen LogP contribution < -0.4 is 15.8 Å². The molecule has 4 heterocycles. The largest absolute Gasteiger partial charge is 0.493 e. The Morgan fingerprint density at radius 3 is 2.67 bits per heavy atom. The van der Waals surface area contributed by atoms with Gasteiger partial charge in [0.15, 0.2) is 5.49 Å². The lowest BCUT2D eigenvalue weighted by Crippen LogP contribution is -2.35. The predicted molar refractivity (Wildman–Crippen MR) is 157 cm³/mol. The van der Waals surface area contributed by atoms with Crippen molar-refractivity contribution < 1.29 is 23.8 Å². The molecular weight excluding hydrogens is 536 g/mol. The lowest BCUT2D eigenvalue weighted by atomic mass is 10.0. The van der Waals surface area contributed by atoms with Crippen molar-refractivity contribution in [2.75, 3.05) is 19.8 Å². The number of carbonyl (C=O) groups is 2. The van der Waals surface area contributed by atoms with Gasteiger partial charge >= 0.3 is 5.97 Å². The number of carbonyl (C=O) groups excluding carboxylic acids is 2. The van der Waals surface area contributed by atoms with Crippen LogP contribution in [0.25, 0.3) is 27.5 Å². The van der Waals surface area contributed by atoms with Crippen molar-refractivity contribution in [2.45, 2.75) is 39.3 Å². The molecule has 42 heavy (non-hydrogen) atoms. The molecular formula is C32H30N4O6. The van der Waals surface area contributed by atoms with Gasteiger partial charge in [0.2, 0.25) is 0 Å². The first-order valence-electron chi connectivity index (χ1n) is 14.1. The van der Waals surface area contributed by atoms with Gasteiger partial charge in [-0.15, -0.1) is 0 Å². The normalized spacial score (nSPS) is 15.5. The van der Waals surface area contributed by atoms with Crippen molar-refractivity contribution in [1.29, 1.82) is 0 Å². The molecule has 1 atom stereocenters. The molecule has 0 radical (unpaired) electrons. The molecule has 0 bridgehead atoms. The number of esters is 1. The summed E-state index contributed by atoms with van der Waals surface area (Å²) in [5.41, 5.74) is 0.676. The zero-order chi connectivity index (χ0) is 29.2. The quantitative estimate of drug-likeness (QED) is 0.213. The van der Waals surface area contributed by atoms with Crippen LogP contribution in [-0.4, -0.2) is 51.8 Å². The van der Waals surface area contributed by atoms with Gasteiger partial charge in [-0.25, -0.2) is 9.78 Å². The van der Waals surface area contributed by atoms with Crippen LogP contribution in [0.4, 0.5) is 0 Å².